The molecule has 0 atom stereocenters. The van der Waals surface area contributed by atoms with E-state index in [0.717, 1.165) is 5.65 Å². The Hall–Kier alpha value is -1.31. The first-order chi connectivity index (χ1) is 6.18. The molecule has 2 rings (SSSR count). The van der Waals surface area contributed by atoms with Crippen molar-refractivity contribution in [3.63, 3.8) is 0 Å². The Labute approximate surface area is 78.2 Å². The maximum absolute atomic E-state index is 4.29. The van der Waals surface area contributed by atoms with E-state index in [1.54, 1.807) is 0 Å². The number of hydrogen-bond acceptors (Lipinski definition) is 1. The molecule has 0 saturated carbocycles. The van der Waals surface area contributed by atoms with Gasteiger partial charge in [-0.2, -0.15) is 0 Å². The molecule has 0 aliphatic rings. The first-order valence-corrected chi connectivity index (χ1v) is 4.62. The molecule has 2 aromatic heterocycles. The third-order valence-corrected chi connectivity index (χ3v) is 2.27. The van der Waals surface area contributed by atoms with Gasteiger partial charge in [0.1, 0.15) is 5.65 Å². The Morgan fingerprint density at radius 2 is 2.08 bits per heavy atom. The maximum atomic E-state index is 4.29. The van der Waals surface area contributed by atoms with E-state index < -0.39 is 0 Å². The highest BCUT2D eigenvalue weighted by Crippen LogP contribution is 2.17. The second-order valence-corrected chi connectivity index (χ2v) is 3.77. The minimum atomic E-state index is 0.539. The van der Waals surface area contributed by atoms with Crippen molar-refractivity contribution in [2.45, 2.75) is 26.7 Å². The summed E-state index contributed by atoms with van der Waals surface area (Å²) in [5, 5.41) is 0. The number of rotatable bonds is 1. The van der Waals surface area contributed by atoms with Crippen LogP contribution in [0.15, 0.2) is 24.5 Å². The molecule has 0 fully saturated rings. The summed E-state index contributed by atoms with van der Waals surface area (Å²) in [5.74, 6) is 0.539. The van der Waals surface area contributed by atoms with E-state index in [9.17, 15) is 0 Å². The van der Waals surface area contributed by atoms with E-state index in [2.05, 4.69) is 42.3 Å². The van der Waals surface area contributed by atoms with Crippen LogP contribution in [0.2, 0.25) is 0 Å². The summed E-state index contributed by atoms with van der Waals surface area (Å²) in [6.07, 6.45) is 3.87. The number of aryl methyl sites for hydroxylation is 1. The molecule has 0 N–H and O–H groups in total. The molecule has 0 aliphatic heterocycles. The highest BCUT2D eigenvalue weighted by molar-refractivity contribution is 5.44. The normalized spacial score (nSPS) is 11.4. The van der Waals surface area contributed by atoms with Crippen LogP contribution in [0, 0.1) is 6.92 Å². The lowest BCUT2D eigenvalue weighted by atomic mass is 10.1. The number of imidazole rings is 1. The quantitative estimate of drug-likeness (QED) is 0.649. The van der Waals surface area contributed by atoms with Crippen molar-refractivity contribution in [1.82, 2.24) is 9.38 Å². The van der Waals surface area contributed by atoms with Crippen LogP contribution in [0.5, 0.6) is 0 Å². The maximum Gasteiger partial charge on any atom is 0.137 e. The van der Waals surface area contributed by atoms with E-state index in [0.29, 0.717) is 5.92 Å². The van der Waals surface area contributed by atoms with Gasteiger partial charge < -0.3 is 4.40 Å². The van der Waals surface area contributed by atoms with Crippen LogP contribution in [-0.4, -0.2) is 9.38 Å². The SMILES string of the molecule is Cc1cc(C(C)C)n2ccnc2c1. The van der Waals surface area contributed by atoms with Gasteiger partial charge in [0.2, 0.25) is 0 Å². The molecule has 0 amide bonds. The van der Waals surface area contributed by atoms with Crippen LogP contribution in [0.25, 0.3) is 5.65 Å². The fourth-order valence-corrected chi connectivity index (χ4v) is 1.63. The van der Waals surface area contributed by atoms with Gasteiger partial charge in [0, 0.05) is 18.1 Å². The molecule has 68 valence electrons. The third-order valence-electron chi connectivity index (χ3n) is 2.27. The predicted molar refractivity (Wildman–Crippen MR) is 54.0 cm³/mol. The van der Waals surface area contributed by atoms with Crippen molar-refractivity contribution in [2.75, 3.05) is 0 Å². The van der Waals surface area contributed by atoms with Crippen molar-refractivity contribution in [2.24, 2.45) is 0 Å². The van der Waals surface area contributed by atoms with Gasteiger partial charge in [-0.1, -0.05) is 13.8 Å². The Morgan fingerprint density at radius 3 is 2.77 bits per heavy atom. The summed E-state index contributed by atoms with van der Waals surface area (Å²) in [7, 11) is 0. The van der Waals surface area contributed by atoms with Gasteiger partial charge in [0.25, 0.3) is 0 Å². The van der Waals surface area contributed by atoms with Gasteiger partial charge in [-0.15, -0.1) is 0 Å². The molecule has 2 aromatic rings. The molecule has 2 heteroatoms. The summed E-state index contributed by atoms with van der Waals surface area (Å²) in [4.78, 5) is 4.29. The molecule has 0 unspecified atom stereocenters. The van der Waals surface area contributed by atoms with Gasteiger partial charge in [-0.05, 0) is 30.5 Å². The van der Waals surface area contributed by atoms with Crippen LogP contribution >= 0.6 is 0 Å². The van der Waals surface area contributed by atoms with Crippen molar-refractivity contribution < 1.29 is 0 Å². The number of fused-ring (bicyclic) bond motifs is 1. The van der Waals surface area contributed by atoms with Crippen LogP contribution in [-0.2, 0) is 0 Å². The molecule has 13 heavy (non-hydrogen) atoms. The molecule has 0 bridgehead atoms. The Bertz CT molecular complexity index is 427. The van der Waals surface area contributed by atoms with Crippen molar-refractivity contribution in [3.05, 3.63) is 35.8 Å². The summed E-state index contributed by atoms with van der Waals surface area (Å²) < 4.78 is 2.15. The van der Waals surface area contributed by atoms with Crippen LogP contribution < -0.4 is 0 Å². The summed E-state index contributed by atoms with van der Waals surface area (Å²) in [6.45, 7) is 6.52. The van der Waals surface area contributed by atoms with E-state index >= 15 is 0 Å². The summed E-state index contributed by atoms with van der Waals surface area (Å²) in [6, 6.07) is 4.32. The lowest BCUT2D eigenvalue weighted by Gasteiger charge is -2.09. The minimum Gasteiger partial charge on any atom is -0.304 e. The van der Waals surface area contributed by atoms with E-state index in [1.807, 2.05) is 12.4 Å². The second kappa shape index (κ2) is 2.87. The van der Waals surface area contributed by atoms with Crippen LogP contribution in [0.3, 0.4) is 0 Å². The fourth-order valence-electron chi connectivity index (χ4n) is 1.63. The van der Waals surface area contributed by atoms with E-state index in [4.69, 9.17) is 0 Å². The zero-order valence-corrected chi connectivity index (χ0v) is 8.28. The zero-order chi connectivity index (χ0) is 9.42. The average molecular weight is 174 g/mol. The molecule has 0 radical (unpaired) electrons. The predicted octanol–water partition coefficient (Wildman–Crippen LogP) is 2.77. The molecule has 0 aromatic carbocycles. The van der Waals surface area contributed by atoms with E-state index in [-0.39, 0.29) is 0 Å². The fraction of sp³-hybridized carbons (Fsp3) is 0.364. The van der Waals surface area contributed by atoms with Crippen LogP contribution in [0.1, 0.15) is 31.0 Å². The third kappa shape index (κ3) is 1.32. The zero-order valence-electron chi connectivity index (χ0n) is 8.28. The Morgan fingerprint density at radius 1 is 1.31 bits per heavy atom. The lowest BCUT2D eigenvalue weighted by molar-refractivity contribution is 0.799. The van der Waals surface area contributed by atoms with Crippen molar-refractivity contribution in [1.29, 1.82) is 0 Å². The Balaban J connectivity index is 2.77. The average Bonchev–Trinajstić information content (AvgIpc) is 2.49. The largest absolute Gasteiger partial charge is 0.304 e. The number of nitrogens with zero attached hydrogens (tertiary/aromatic N) is 2. The number of hydrogen-bond donors (Lipinski definition) is 0. The Kier molecular flexibility index (Phi) is 1.83. The first kappa shape index (κ1) is 8.30. The van der Waals surface area contributed by atoms with Gasteiger partial charge in [-0.25, -0.2) is 4.98 Å². The van der Waals surface area contributed by atoms with E-state index in [1.165, 1.54) is 11.3 Å². The van der Waals surface area contributed by atoms with Crippen molar-refractivity contribution in [3.8, 4) is 0 Å². The topological polar surface area (TPSA) is 17.3 Å². The molecule has 2 nitrogen and oxygen atoms in total. The number of pyridine rings is 1. The minimum absolute atomic E-state index is 0.539. The van der Waals surface area contributed by atoms with Crippen molar-refractivity contribution >= 4 is 5.65 Å². The molecular weight excluding hydrogens is 160 g/mol. The summed E-state index contributed by atoms with van der Waals surface area (Å²) >= 11 is 0. The molecule has 2 heterocycles. The highest BCUT2D eigenvalue weighted by Gasteiger charge is 2.05. The molecule has 0 saturated heterocycles. The standard InChI is InChI=1S/C11H14N2/c1-8(2)10-6-9(3)7-11-12-4-5-13(10)11/h4-8H,1-3H3. The second-order valence-electron chi connectivity index (χ2n) is 3.77. The lowest BCUT2D eigenvalue weighted by Crippen LogP contribution is -1.98. The molecule has 0 aliphatic carbocycles. The molecular formula is C11H14N2. The van der Waals surface area contributed by atoms with Gasteiger partial charge in [0.15, 0.2) is 0 Å². The van der Waals surface area contributed by atoms with Gasteiger partial charge in [-0.3, -0.25) is 0 Å². The summed E-state index contributed by atoms with van der Waals surface area (Å²) in [5.41, 5.74) is 3.65. The van der Waals surface area contributed by atoms with Crippen LogP contribution in [0.4, 0.5) is 0 Å². The monoisotopic (exact) mass is 174 g/mol. The number of aromatic nitrogens is 2. The highest BCUT2D eigenvalue weighted by atomic mass is 15.0. The van der Waals surface area contributed by atoms with Gasteiger partial charge >= 0.3 is 0 Å². The first-order valence-electron chi connectivity index (χ1n) is 4.62. The smallest absolute Gasteiger partial charge is 0.137 e. The molecule has 0 spiro atoms. The van der Waals surface area contributed by atoms with Gasteiger partial charge in [0.05, 0.1) is 0 Å².